The van der Waals surface area contributed by atoms with Gasteiger partial charge < -0.3 is 5.32 Å². The first-order valence-corrected chi connectivity index (χ1v) is 7.92. The Bertz CT molecular complexity index is 534. The highest BCUT2D eigenvalue weighted by molar-refractivity contribution is 6.39. The Morgan fingerprint density at radius 3 is 2.25 bits per heavy atom. The van der Waals surface area contributed by atoms with E-state index in [0.29, 0.717) is 27.2 Å². The third-order valence-corrected chi connectivity index (χ3v) is 6.72. The second-order valence-electron chi connectivity index (χ2n) is 7.05. The predicted molar refractivity (Wildman–Crippen MR) is 83.1 cm³/mol. The Kier molecular flexibility index (Phi) is 3.26. The molecule has 20 heavy (non-hydrogen) atoms. The second kappa shape index (κ2) is 4.51. The number of anilines is 1. The first-order valence-electron chi connectivity index (χ1n) is 7.17. The highest BCUT2D eigenvalue weighted by Crippen LogP contribution is 2.66. The molecule has 1 aromatic carbocycles. The van der Waals surface area contributed by atoms with Gasteiger partial charge in [-0.15, -0.1) is 0 Å². The van der Waals surface area contributed by atoms with Crippen LogP contribution in [0.2, 0.25) is 10.0 Å². The van der Waals surface area contributed by atoms with E-state index in [-0.39, 0.29) is 5.41 Å². The highest BCUT2D eigenvalue weighted by atomic mass is 35.5. The smallest absolute Gasteiger partial charge is 0.126 e. The van der Waals surface area contributed by atoms with Crippen LogP contribution in [-0.4, -0.2) is 6.04 Å². The molecule has 3 atom stereocenters. The van der Waals surface area contributed by atoms with Gasteiger partial charge in [-0.25, -0.2) is 4.39 Å². The topological polar surface area (TPSA) is 12.0 Å². The monoisotopic (exact) mass is 315 g/mol. The van der Waals surface area contributed by atoms with Crippen LogP contribution in [0.1, 0.15) is 40.0 Å². The largest absolute Gasteiger partial charge is 0.379 e. The molecule has 3 rings (SSSR count). The third-order valence-electron chi connectivity index (χ3n) is 6.12. The number of nitrogens with one attached hydrogen (secondary N) is 1. The standard InChI is InChI=1S/C16H20Cl2FN/c1-15(2)9-4-5-16(15,3)13(6-9)20-14-11(17)7-10(19)8-12(14)18/h7-9,13,20H,4-6H2,1-3H3. The number of hydrogen-bond acceptors (Lipinski definition) is 1. The van der Waals surface area contributed by atoms with E-state index >= 15 is 0 Å². The van der Waals surface area contributed by atoms with Crippen LogP contribution in [0.15, 0.2) is 12.1 Å². The van der Waals surface area contributed by atoms with E-state index in [1.165, 1.54) is 25.0 Å². The molecule has 2 bridgehead atoms. The Hall–Kier alpha value is -0.470. The predicted octanol–water partition coefficient (Wildman–Crippen LogP) is 5.76. The van der Waals surface area contributed by atoms with Gasteiger partial charge >= 0.3 is 0 Å². The fourth-order valence-electron chi connectivity index (χ4n) is 4.28. The van der Waals surface area contributed by atoms with Crippen molar-refractivity contribution in [3.63, 3.8) is 0 Å². The zero-order chi connectivity index (χ0) is 14.7. The molecule has 2 fully saturated rings. The molecular weight excluding hydrogens is 296 g/mol. The van der Waals surface area contributed by atoms with Crippen molar-refractivity contribution in [3.8, 4) is 0 Å². The Labute approximate surface area is 129 Å². The summed E-state index contributed by atoms with van der Waals surface area (Å²) in [6.07, 6.45) is 3.65. The number of hydrogen-bond donors (Lipinski definition) is 1. The van der Waals surface area contributed by atoms with Crippen molar-refractivity contribution in [2.45, 2.75) is 46.1 Å². The summed E-state index contributed by atoms with van der Waals surface area (Å²) in [6, 6.07) is 2.98. The van der Waals surface area contributed by atoms with Crippen LogP contribution in [0, 0.1) is 22.6 Å². The van der Waals surface area contributed by atoms with Crippen molar-refractivity contribution in [2.24, 2.45) is 16.7 Å². The van der Waals surface area contributed by atoms with E-state index in [9.17, 15) is 4.39 Å². The van der Waals surface area contributed by atoms with Crippen molar-refractivity contribution in [1.82, 2.24) is 0 Å². The lowest BCUT2D eigenvalue weighted by atomic mass is 9.69. The van der Waals surface area contributed by atoms with E-state index in [4.69, 9.17) is 23.2 Å². The maximum absolute atomic E-state index is 13.3. The quantitative estimate of drug-likeness (QED) is 0.731. The minimum atomic E-state index is -0.398. The molecule has 3 unspecified atom stereocenters. The minimum Gasteiger partial charge on any atom is -0.379 e. The van der Waals surface area contributed by atoms with Crippen molar-refractivity contribution in [3.05, 3.63) is 28.0 Å². The zero-order valence-corrected chi connectivity index (χ0v) is 13.6. The summed E-state index contributed by atoms with van der Waals surface area (Å²) in [5.41, 5.74) is 1.23. The average Bonchev–Trinajstić information content (AvgIpc) is 2.66. The normalized spacial score (nSPS) is 34.5. The van der Waals surface area contributed by atoms with E-state index < -0.39 is 5.82 Å². The molecule has 4 heteroatoms. The molecular formula is C16H20Cl2FN. The lowest BCUT2D eigenvalue weighted by molar-refractivity contribution is 0.142. The van der Waals surface area contributed by atoms with Gasteiger partial charge in [0.05, 0.1) is 15.7 Å². The maximum atomic E-state index is 13.3. The van der Waals surface area contributed by atoms with Gasteiger partial charge in [-0.05, 0) is 48.1 Å². The number of rotatable bonds is 2. The summed E-state index contributed by atoms with van der Waals surface area (Å²) < 4.78 is 13.3. The van der Waals surface area contributed by atoms with Gasteiger partial charge in [0.1, 0.15) is 5.82 Å². The van der Waals surface area contributed by atoms with Crippen molar-refractivity contribution in [1.29, 1.82) is 0 Å². The van der Waals surface area contributed by atoms with Crippen molar-refractivity contribution >= 4 is 28.9 Å². The van der Waals surface area contributed by atoms with E-state index in [1.807, 2.05) is 0 Å². The van der Waals surface area contributed by atoms with Gasteiger partial charge in [-0.1, -0.05) is 44.0 Å². The third kappa shape index (κ3) is 1.88. The summed E-state index contributed by atoms with van der Waals surface area (Å²) in [6.45, 7) is 7.07. The number of halogens is 3. The van der Waals surface area contributed by atoms with Gasteiger partial charge in [-0.3, -0.25) is 0 Å². The van der Waals surface area contributed by atoms with Crippen LogP contribution in [0.25, 0.3) is 0 Å². The van der Waals surface area contributed by atoms with Crippen LogP contribution < -0.4 is 5.32 Å². The molecule has 0 aliphatic heterocycles. The molecule has 0 aromatic heterocycles. The molecule has 1 nitrogen and oxygen atoms in total. The highest BCUT2D eigenvalue weighted by Gasteiger charge is 2.61. The van der Waals surface area contributed by atoms with Gasteiger partial charge in [0.15, 0.2) is 0 Å². The molecule has 2 saturated carbocycles. The SMILES string of the molecule is CC1(C)C2CCC1(C)C(Nc1c(Cl)cc(F)cc1Cl)C2. The summed E-state index contributed by atoms with van der Waals surface area (Å²) in [5, 5.41) is 4.22. The lowest BCUT2D eigenvalue weighted by Gasteiger charge is -2.40. The Morgan fingerprint density at radius 1 is 1.20 bits per heavy atom. The van der Waals surface area contributed by atoms with Gasteiger partial charge in [-0.2, -0.15) is 0 Å². The molecule has 2 aliphatic carbocycles. The first-order chi connectivity index (χ1) is 9.25. The molecule has 110 valence electrons. The zero-order valence-electron chi connectivity index (χ0n) is 12.1. The molecule has 0 spiro atoms. The summed E-state index contributed by atoms with van der Waals surface area (Å²) in [4.78, 5) is 0. The van der Waals surface area contributed by atoms with Crippen LogP contribution >= 0.6 is 23.2 Å². The number of benzene rings is 1. The van der Waals surface area contributed by atoms with E-state index in [2.05, 4.69) is 26.1 Å². The summed E-state index contributed by atoms with van der Waals surface area (Å²) >= 11 is 12.3. The minimum absolute atomic E-state index is 0.235. The summed E-state index contributed by atoms with van der Waals surface area (Å²) in [5.74, 6) is 0.341. The van der Waals surface area contributed by atoms with Gasteiger partial charge in [0.2, 0.25) is 0 Å². The Morgan fingerprint density at radius 2 is 1.80 bits per heavy atom. The molecule has 2 aliphatic rings. The van der Waals surface area contributed by atoms with Crippen molar-refractivity contribution in [2.75, 3.05) is 5.32 Å². The molecule has 0 amide bonds. The van der Waals surface area contributed by atoms with Gasteiger partial charge in [0.25, 0.3) is 0 Å². The van der Waals surface area contributed by atoms with Crippen LogP contribution in [0.3, 0.4) is 0 Å². The summed E-state index contributed by atoms with van der Waals surface area (Å²) in [7, 11) is 0. The molecule has 0 radical (unpaired) electrons. The molecule has 1 N–H and O–H groups in total. The maximum Gasteiger partial charge on any atom is 0.126 e. The van der Waals surface area contributed by atoms with E-state index in [1.54, 1.807) is 0 Å². The van der Waals surface area contributed by atoms with E-state index in [0.717, 1.165) is 12.3 Å². The Balaban J connectivity index is 1.91. The molecule has 0 heterocycles. The number of fused-ring (bicyclic) bond motifs is 2. The first kappa shape index (κ1) is 14.5. The fraction of sp³-hybridized carbons (Fsp3) is 0.625. The molecule has 0 saturated heterocycles. The second-order valence-corrected chi connectivity index (χ2v) is 7.87. The van der Waals surface area contributed by atoms with Gasteiger partial charge in [0, 0.05) is 6.04 Å². The fourth-order valence-corrected chi connectivity index (χ4v) is 4.85. The van der Waals surface area contributed by atoms with Crippen LogP contribution in [0.4, 0.5) is 10.1 Å². The molecule has 1 aromatic rings. The van der Waals surface area contributed by atoms with Crippen LogP contribution in [-0.2, 0) is 0 Å². The lowest BCUT2D eigenvalue weighted by Crippen LogP contribution is -2.40. The average molecular weight is 316 g/mol. The van der Waals surface area contributed by atoms with Crippen molar-refractivity contribution < 1.29 is 4.39 Å². The van der Waals surface area contributed by atoms with Crippen LogP contribution in [0.5, 0.6) is 0 Å².